The van der Waals surface area contributed by atoms with Crippen LogP contribution in [0.15, 0.2) is 123 Å². The van der Waals surface area contributed by atoms with E-state index in [1.54, 1.807) is 0 Å². The summed E-state index contributed by atoms with van der Waals surface area (Å²) in [6.07, 6.45) is 6.82. The van der Waals surface area contributed by atoms with E-state index in [1.165, 1.54) is 81.8 Å². The van der Waals surface area contributed by atoms with Crippen LogP contribution in [0.4, 0.5) is 34.3 Å². The molecule has 0 saturated heterocycles. The number of pyridine rings is 1. The van der Waals surface area contributed by atoms with Gasteiger partial charge in [0.25, 0.3) is 0 Å². The van der Waals surface area contributed by atoms with Crippen molar-refractivity contribution in [1.29, 1.82) is 0 Å². The maximum Gasteiger partial charge on any atom is 0.394 e. The first kappa shape index (κ1) is 22.1. The Labute approximate surface area is 256 Å². The number of aromatic nitrogens is 3. The lowest BCUT2D eigenvalue weighted by Gasteiger charge is -2.50. The van der Waals surface area contributed by atoms with Crippen LogP contribution in [-0.2, 0) is 11.1 Å². The molecule has 43 heavy (non-hydrogen) atoms. The third kappa shape index (κ3) is 2.09. The predicted octanol–water partition coefficient (Wildman–Crippen LogP) is 7.80. The lowest BCUT2D eigenvalue weighted by atomic mass is 9.68. The number of rotatable bonds is 0. The molecule has 12 rings (SSSR count). The second kappa shape index (κ2) is 6.69. The van der Waals surface area contributed by atoms with Crippen molar-refractivity contribution in [3.8, 4) is 5.69 Å². The Morgan fingerprint density at radius 2 is 1.37 bits per heavy atom. The molecule has 1 atom stereocenters. The minimum absolute atomic E-state index is 0.178. The van der Waals surface area contributed by atoms with Crippen molar-refractivity contribution in [1.82, 2.24) is 4.68 Å². The number of hydrogen-bond acceptors (Lipinski definition) is 4. The van der Waals surface area contributed by atoms with Crippen LogP contribution in [0.3, 0.4) is 0 Å². The molecule has 202 valence electrons. The largest absolute Gasteiger partial charge is 0.394 e. The van der Waals surface area contributed by atoms with Gasteiger partial charge in [0, 0.05) is 11.5 Å². The lowest BCUT2D eigenvalue weighted by Crippen LogP contribution is -2.77. The molecule has 1 unspecified atom stereocenters. The van der Waals surface area contributed by atoms with Crippen LogP contribution in [0.5, 0.6) is 0 Å². The predicted molar refractivity (Wildman–Crippen MR) is 167 cm³/mol. The summed E-state index contributed by atoms with van der Waals surface area (Å²) in [7, 11) is 0. The Morgan fingerprint density at radius 3 is 2.28 bits per heavy atom. The monoisotopic (exact) mass is 589 g/mol. The fraction of sp³-hybridized carbons (Fsp3) is 0.111. The fourth-order valence-electron chi connectivity index (χ4n) is 8.95. The molecule has 0 amide bonds. The molecule has 6 aromatic rings. The first-order valence-corrected chi connectivity index (χ1v) is 16.4. The highest BCUT2D eigenvalue weighted by Gasteiger charge is 2.72. The van der Waals surface area contributed by atoms with E-state index in [0.29, 0.717) is 0 Å². The van der Waals surface area contributed by atoms with Gasteiger partial charge >= 0.3 is 11.5 Å². The van der Waals surface area contributed by atoms with Crippen molar-refractivity contribution in [3.63, 3.8) is 0 Å². The number of fused-ring (bicyclic) bond motifs is 5. The Bertz CT molecular complexity index is 2370. The smallest absolute Gasteiger partial charge is 0.308 e. The molecule has 0 N–H and O–H groups in total. The number of hydrogen-bond donors (Lipinski definition) is 0. The summed E-state index contributed by atoms with van der Waals surface area (Å²) in [5, 5.41) is 0. The van der Waals surface area contributed by atoms with Gasteiger partial charge in [-0.25, -0.2) is 0 Å². The SMILES string of the molecule is CC1(C)c2ccccc2N2c3cccc4c3C3(c5c6c(cc1c52)Sc1cccc2c1N6c1c(ccc[n+]13)S2)[n+]1cccn1-4. The van der Waals surface area contributed by atoms with Crippen molar-refractivity contribution in [3.05, 3.63) is 126 Å². The van der Waals surface area contributed by atoms with Gasteiger partial charge in [0.05, 0.1) is 44.1 Å². The summed E-state index contributed by atoms with van der Waals surface area (Å²) in [6, 6.07) is 32.0. The van der Waals surface area contributed by atoms with Gasteiger partial charge in [-0.15, -0.1) is 4.68 Å². The second-order valence-electron chi connectivity index (χ2n) is 12.7. The van der Waals surface area contributed by atoms with E-state index in [9.17, 15) is 0 Å². The number of anilines is 6. The van der Waals surface area contributed by atoms with Gasteiger partial charge in [-0.3, -0.25) is 0 Å². The van der Waals surface area contributed by atoms with E-state index >= 15 is 0 Å². The average Bonchev–Trinajstić information content (AvgIpc) is 3.62. The van der Waals surface area contributed by atoms with E-state index in [2.05, 4.69) is 141 Å². The van der Waals surface area contributed by atoms with E-state index in [0.717, 1.165) is 0 Å². The zero-order valence-electron chi connectivity index (χ0n) is 23.4. The summed E-state index contributed by atoms with van der Waals surface area (Å²) >= 11 is 3.84. The van der Waals surface area contributed by atoms with Gasteiger partial charge in [0.2, 0.25) is 6.20 Å². The normalized spacial score (nSPS) is 20.3. The number of nitrogens with zero attached hydrogens (tertiary/aromatic N) is 5. The van der Waals surface area contributed by atoms with Crippen molar-refractivity contribution >= 4 is 57.8 Å². The Hall–Kier alpha value is -4.46. The summed E-state index contributed by atoms with van der Waals surface area (Å²) in [4.78, 5) is 10.5. The highest BCUT2D eigenvalue weighted by molar-refractivity contribution is 8.00. The minimum atomic E-state index is -0.573. The molecule has 2 aromatic heterocycles. The van der Waals surface area contributed by atoms with Crippen LogP contribution in [0.1, 0.15) is 36.1 Å². The quantitative estimate of drug-likeness (QED) is 0.168. The Balaban J connectivity index is 1.38. The molecule has 8 heterocycles. The molecule has 4 aromatic carbocycles. The first-order valence-electron chi connectivity index (χ1n) is 14.8. The van der Waals surface area contributed by atoms with Crippen molar-refractivity contribution < 1.29 is 9.25 Å². The standard InChI is InChI=1S/C36H23N5S2/c1-35(2)20-9-3-4-10-22(20)40-24-12-5-11-23-29(24)36(39-18-8-17-38(23)39)30-31(40)21(35)19-28-33(30)41-32-25(13-6-14-26(32)43-28)42-27-15-7-16-37(36)34(27)41/h3-19H,1-2H3/q+2. The average molecular weight is 590 g/mol. The molecule has 1 spiro atoms. The second-order valence-corrected chi connectivity index (χ2v) is 14.9. The van der Waals surface area contributed by atoms with E-state index < -0.39 is 5.66 Å². The molecule has 6 aliphatic rings. The van der Waals surface area contributed by atoms with Gasteiger partial charge in [0.1, 0.15) is 16.1 Å². The topological polar surface area (TPSA) is 19.2 Å². The highest BCUT2D eigenvalue weighted by Crippen LogP contribution is 2.69. The summed E-state index contributed by atoms with van der Waals surface area (Å²) in [5.74, 6) is 1.26. The third-order valence-corrected chi connectivity index (χ3v) is 12.7. The van der Waals surface area contributed by atoms with Gasteiger partial charge in [0.15, 0.2) is 16.9 Å². The van der Waals surface area contributed by atoms with Gasteiger partial charge in [-0.05, 0) is 59.7 Å². The minimum Gasteiger partial charge on any atom is -0.308 e. The van der Waals surface area contributed by atoms with Gasteiger partial charge in [-0.2, -0.15) is 9.47 Å². The third-order valence-electron chi connectivity index (χ3n) is 10.5. The van der Waals surface area contributed by atoms with Crippen LogP contribution in [0.2, 0.25) is 0 Å². The lowest BCUT2D eigenvalue weighted by molar-refractivity contribution is -0.991. The number of benzene rings is 4. The maximum atomic E-state index is 2.61. The molecule has 0 fully saturated rings. The molecular weight excluding hydrogens is 567 g/mol. The van der Waals surface area contributed by atoms with Crippen LogP contribution >= 0.6 is 23.5 Å². The Kier molecular flexibility index (Phi) is 3.44. The molecule has 0 saturated carbocycles. The molecule has 0 bridgehead atoms. The fourth-order valence-corrected chi connectivity index (χ4v) is 11.3. The molecule has 0 aliphatic carbocycles. The van der Waals surface area contributed by atoms with Gasteiger partial charge in [-0.1, -0.05) is 72.4 Å². The van der Waals surface area contributed by atoms with Gasteiger partial charge < -0.3 is 4.90 Å². The summed E-state index contributed by atoms with van der Waals surface area (Å²) in [6.45, 7) is 4.83. The molecule has 0 radical (unpaired) electrons. The summed E-state index contributed by atoms with van der Waals surface area (Å²) < 4.78 is 7.45. The first-order chi connectivity index (χ1) is 21.1. The van der Waals surface area contributed by atoms with E-state index in [1.807, 2.05) is 23.5 Å². The highest BCUT2D eigenvalue weighted by atomic mass is 32.2. The van der Waals surface area contributed by atoms with Crippen LogP contribution in [-0.4, -0.2) is 4.68 Å². The van der Waals surface area contributed by atoms with Crippen LogP contribution in [0.25, 0.3) is 5.69 Å². The number of para-hydroxylation sites is 2. The van der Waals surface area contributed by atoms with Crippen LogP contribution in [0, 0.1) is 0 Å². The summed E-state index contributed by atoms with van der Waals surface area (Å²) in [5.41, 5.74) is 12.5. The molecule has 7 heteroatoms. The van der Waals surface area contributed by atoms with Crippen molar-refractivity contribution in [2.75, 3.05) is 9.80 Å². The Morgan fingerprint density at radius 1 is 0.605 bits per heavy atom. The van der Waals surface area contributed by atoms with E-state index in [-0.39, 0.29) is 5.41 Å². The van der Waals surface area contributed by atoms with Crippen molar-refractivity contribution in [2.45, 2.75) is 44.5 Å². The van der Waals surface area contributed by atoms with Crippen molar-refractivity contribution in [2.24, 2.45) is 0 Å². The molecule has 6 aliphatic heterocycles. The molecular formula is C36H23N5S2+2. The molecule has 5 nitrogen and oxygen atoms in total. The zero-order valence-corrected chi connectivity index (χ0v) is 25.0. The maximum absolute atomic E-state index is 2.61. The van der Waals surface area contributed by atoms with Crippen LogP contribution < -0.4 is 19.0 Å². The zero-order chi connectivity index (χ0) is 28.0. The van der Waals surface area contributed by atoms with E-state index in [4.69, 9.17) is 0 Å².